The maximum Gasteiger partial charge on any atom is 0.304 e. The third-order valence-electron chi connectivity index (χ3n) is 3.18. The third kappa shape index (κ3) is 4.19. The van der Waals surface area contributed by atoms with E-state index >= 15 is 0 Å². The number of rotatable bonds is 5. The van der Waals surface area contributed by atoms with Crippen LogP contribution in [0.25, 0.3) is 0 Å². The normalized spacial score (nSPS) is 12.8. The van der Waals surface area contributed by atoms with Gasteiger partial charge in [-0.05, 0) is 51.1 Å². The quantitative estimate of drug-likeness (QED) is 0.851. The van der Waals surface area contributed by atoms with Crippen LogP contribution in [0.15, 0.2) is 18.2 Å². The molecule has 3 nitrogen and oxygen atoms in total. The van der Waals surface area contributed by atoms with Gasteiger partial charge in [-0.2, -0.15) is 0 Å². The molecule has 0 aliphatic heterocycles. The predicted octanol–water partition coefficient (Wildman–Crippen LogP) is 2.25. The van der Waals surface area contributed by atoms with Gasteiger partial charge in [-0.1, -0.05) is 18.2 Å². The number of carbonyl (C=O) groups is 1. The first-order chi connectivity index (χ1) is 7.90. The molecule has 0 saturated carbocycles. The van der Waals surface area contributed by atoms with Gasteiger partial charge < -0.3 is 10.0 Å². The lowest BCUT2D eigenvalue weighted by atomic mass is 9.99. The van der Waals surface area contributed by atoms with E-state index in [9.17, 15) is 4.79 Å². The van der Waals surface area contributed by atoms with Crippen molar-refractivity contribution in [1.82, 2.24) is 4.90 Å². The number of aryl methyl sites for hydroxylation is 2. The Labute approximate surface area is 103 Å². The maximum atomic E-state index is 10.8. The summed E-state index contributed by atoms with van der Waals surface area (Å²) in [6, 6.07) is 6.38. The monoisotopic (exact) mass is 235 g/mol. The topological polar surface area (TPSA) is 40.5 Å². The van der Waals surface area contributed by atoms with E-state index in [-0.39, 0.29) is 12.5 Å². The van der Waals surface area contributed by atoms with Crippen molar-refractivity contribution in [2.75, 3.05) is 14.1 Å². The molecule has 94 valence electrons. The number of aliphatic carboxylic acids is 1. The van der Waals surface area contributed by atoms with Crippen molar-refractivity contribution >= 4 is 5.97 Å². The molecule has 0 spiro atoms. The number of nitrogens with zero attached hydrogens (tertiary/aromatic N) is 1. The van der Waals surface area contributed by atoms with Gasteiger partial charge in [-0.25, -0.2) is 0 Å². The highest BCUT2D eigenvalue weighted by Gasteiger charge is 2.16. The molecule has 0 saturated heterocycles. The summed E-state index contributed by atoms with van der Waals surface area (Å²) in [6.45, 7) is 4.17. The van der Waals surface area contributed by atoms with E-state index in [0.717, 1.165) is 6.42 Å². The van der Waals surface area contributed by atoms with Gasteiger partial charge in [0.05, 0.1) is 6.42 Å². The molecule has 1 aromatic carbocycles. The Bertz CT molecular complexity index is 399. The van der Waals surface area contributed by atoms with Crippen LogP contribution in [0.1, 0.15) is 23.1 Å². The van der Waals surface area contributed by atoms with Crippen LogP contribution < -0.4 is 0 Å². The third-order valence-corrected chi connectivity index (χ3v) is 3.18. The van der Waals surface area contributed by atoms with Gasteiger partial charge in [0.25, 0.3) is 0 Å². The average Bonchev–Trinajstić information content (AvgIpc) is 2.21. The van der Waals surface area contributed by atoms with Crippen molar-refractivity contribution in [3.8, 4) is 0 Å². The molecule has 0 heterocycles. The van der Waals surface area contributed by atoms with Crippen LogP contribution in [0.4, 0.5) is 0 Å². The van der Waals surface area contributed by atoms with Gasteiger partial charge in [-0.3, -0.25) is 4.79 Å². The van der Waals surface area contributed by atoms with Crippen molar-refractivity contribution in [3.63, 3.8) is 0 Å². The van der Waals surface area contributed by atoms with Crippen LogP contribution in [0.2, 0.25) is 0 Å². The Morgan fingerprint density at radius 3 is 2.41 bits per heavy atom. The summed E-state index contributed by atoms with van der Waals surface area (Å²) < 4.78 is 0. The number of carboxylic acids is 1. The molecule has 0 bridgehead atoms. The molecule has 1 atom stereocenters. The second-order valence-electron chi connectivity index (χ2n) is 4.84. The summed E-state index contributed by atoms with van der Waals surface area (Å²) in [5.41, 5.74) is 3.73. The van der Waals surface area contributed by atoms with Crippen molar-refractivity contribution < 1.29 is 9.90 Å². The Hall–Kier alpha value is -1.35. The molecule has 0 aliphatic carbocycles. The van der Waals surface area contributed by atoms with Crippen LogP contribution >= 0.6 is 0 Å². The van der Waals surface area contributed by atoms with Crippen molar-refractivity contribution in [3.05, 3.63) is 34.9 Å². The summed E-state index contributed by atoms with van der Waals surface area (Å²) in [6.07, 6.45) is 0.959. The Morgan fingerprint density at radius 2 is 1.94 bits per heavy atom. The molecule has 17 heavy (non-hydrogen) atoms. The van der Waals surface area contributed by atoms with E-state index < -0.39 is 5.97 Å². The van der Waals surface area contributed by atoms with Crippen molar-refractivity contribution in [2.45, 2.75) is 32.7 Å². The average molecular weight is 235 g/mol. The minimum Gasteiger partial charge on any atom is -0.481 e. The van der Waals surface area contributed by atoms with Crippen LogP contribution in [-0.2, 0) is 11.2 Å². The van der Waals surface area contributed by atoms with E-state index in [2.05, 4.69) is 32.0 Å². The SMILES string of the molecule is Cc1ccc(CC(CC(=O)O)N(C)C)cc1C. The number of hydrogen-bond donors (Lipinski definition) is 1. The van der Waals surface area contributed by atoms with Gasteiger partial charge in [0, 0.05) is 6.04 Å². The van der Waals surface area contributed by atoms with Gasteiger partial charge >= 0.3 is 5.97 Å². The zero-order valence-electron chi connectivity index (χ0n) is 11.0. The molecule has 0 fully saturated rings. The lowest BCUT2D eigenvalue weighted by Crippen LogP contribution is -2.32. The Morgan fingerprint density at radius 1 is 1.29 bits per heavy atom. The minimum atomic E-state index is -0.743. The first-order valence-electron chi connectivity index (χ1n) is 5.84. The fourth-order valence-electron chi connectivity index (χ4n) is 1.84. The van der Waals surface area contributed by atoms with Crippen molar-refractivity contribution in [1.29, 1.82) is 0 Å². The molecule has 1 unspecified atom stereocenters. The minimum absolute atomic E-state index is 0.0506. The van der Waals surface area contributed by atoms with Gasteiger partial charge in [-0.15, -0.1) is 0 Å². The number of benzene rings is 1. The van der Waals surface area contributed by atoms with Gasteiger partial charge in [0.1, 0.15) is 0 Å². The van der Waals surface area contributed by atoms with Gasteiger partial charge in [0.2, 0.25) is 0 Å². The largest absolute Gasteiger partial charge is 0.481 e. The van der Waals surface area contributed by atoms with Crippen LogP contribution in [0, 0.1) is 13.8 Å². The Kier molecular flexibility index (Phi) is 4.70. The highest BCUT2D eigenvalue weighted by molar-refractivity contribution is 5.67. The van der Waals surface area contributed by atoms with E-state index in [4.69, 9.17) is 5.11 Å². The smallest absolute Gasteiger partial charge is 0.304 e. The molecule has 0 aromatic heterocycles. The molecule has 0 radical (unpaired) electrons. The molecule has 3 heteroatoms. The van der Waals surface area contributed by atoms with Crippen molar-refractivity contribution in [2.24, 2.45) is 0 Å². The summed E-state index contributed by atoms with van der Waals surface area (Å²) in [4.78, 5) is 12.8. The predicted molar refractivity (Wildman–Crippen MR) is 69.3 cm³/mol. The maximum absolute atomic E-state index is 10.8. The summed E-state index contributed by atoms with van der Waals surface area (Å²) >= 11 is 0. The number of likely N-dealkylation sites (N-methyl/N-ethyl adjacent to an activating group) is 1. The lowest BCUT2D eigenvalue weighted by Gasteiger charge is -2.23. The standard InChI is InChI=1S/C14H21NO2/c1-10-5-6-12(7-11(10)2)8-13(15(3)4)9-14(16)17/h5-7,13H,8-9H2,1-4H3,(H,16,17). The molecule has 0 aliphatic rings. The zero-order chi connectivity index (χ0) is 13.0. The van der Waals surface area contributed by atoms with E-state index in [1.165, 1.54) is 16.7 Å². The van der Waals surface area contributed by atoms with Gasteiger partial charge in [0.15, 0.2) is 0 Å². The second-order valence-corrected chi connectivity index (χ2v) is 4.84. The highest BCUT2D eigenvalue weighted by Crippen LogP contribution is 2.14. The zero-order valence-corrected chi connectivity index (χ0v) is 11.0. The van der Waals surface area contributed by atoms with Crippen LogP contribution in [-0.4, -0.2) is 36.1 Å². The fourth-order valence-corrected chi connectivity index (χ4v) is 1.84. The summed E-state index contributed by atoms with van der Waals surface area (Å²) in [5.74, 6) is -0.743. The molecule has 0 amide bonds. The fraction of sp³-hybridized carbons (Fsp3) is 0.500. The van der Waals surface area contributed by atoms with Crippen LogP contribution in [0.5, 0.6) is 0 Å². The molecular weight excluding hydrogens is 214 g/mol. The molecule has 1 N–H and O–H groups in total. The number of carboxylic acid groups (broad SMARTS) is 1. The molecular formula is C14H21NO2. The lowest BCUT2D eigenvalue weighted by molar-refractivity contribution is -0.138. The van der Waals surface area contributed by atoms with E-state index in [1.807, 2.05) is 19.0 Å². The Balaban J connectivity index is 2.78. The first-order valence-corrected chi connectivity index (χ1v) is 5.84. The number of hydrogen-bond acceptors (Lipinski definition) is 2. The summed E-state index contributed by atoms with van der Waals surface area (Å²) in [5, 5.41) is 8.88. The molecule has 1 rings (SSSR count). The first kappa shape index (κ1) is 13.7. The second kappa shape index (κ2) is 5.82. The molecule has 1 aromatic rings. The van der Waals surface area contributed by atoms with E-state index in [0.29, 0.717) is 0 Å². The highest BCUT2D eigenvalue weighted by atomic mass is 16.4. The van der Waals surface area contributed by atoms with Crippen LogP contribution in [0.3, 0.4) is 0 Å². The summed E-state index contributed by atoms with van der Waals surface area (Å²) in [7, 11) is 3.85. The van der Waals surface area contributed by atoms with E-state index in [1.54, 1.807) is 0 Å².